The molecule has 8 heteroatoms. The van der Waals surface area contributed by atoms with Crippen molar-refractivity contribution in [3.63, 3.8) is 0 Å². The van der Waals surface area contributed by atoms with Crippen molar-refractivity contribution in [3.05, 3.63) is 47.6 Å². The van der Waals surface area contributed by atoms with Gasteiger partial charge in [0.05, 0.1) is 5.60 Å². The SMILES string of the molecule is CCC/C=C/C=C/C(=O)OC1C(C)C2(O)C3C=C(C)C(=O)C3CC(COC(C)=O)=CC2C2C(C)(C)C12OC(C)=O. The van der Waals surface area contributed by atoms with Gasteiger partial charge in [-0.2, -0.15) is 0 Å². The van der Waals surface area contributed by atoms with Gasteiger partial charge in [0.25, 0.3) is 0 Å². The average Bonchev–Trinajstić information content (AvgIpc) is 3.26. The number of Topliss-reactive ketones (excluding diaryl/α,β-unsaturated/α-hetero) is 1. The van der Waals surface area contributed by atoms with Crippen LogP contribution in [0.1, 0.15) is 67.7 Å². The van der Waals surface area contributed by atoms with E-state index in [9.17, 15) is 24.3 Å². The van der Waals surface area contributed by atoms with Gasteiger partial charge >= 0.3 is 17.9 Å². The van der Waals surface area contributed by atoms with Crippen LogP contribution in [0.25, 0.3) is 0 Å². The number of aliphatic hydroxyl groups is 1. The lowest BCUT2D eigenvalue weighted by Crippen LogP contribution is -2.63. The van der Waals surface area contributed by atoms with E-state index in [-0.39, 0.29) is 12.4 Å². The summed E-state index contributed by atoms with van der Waals surface area (Å²) in [6, 6.07) is 0. The van der Waals surface area contributed by atoms with Gasteiger partial charge in [-0.1, -0.05) is 64.5 Å². The number of carbonyl (C=O) groups is 4. The van der Waals surface area contributed by atoms with E-state index >= 15 is 0 Å². The van der Waals surface area contributed by atoms with Crippen LogP contribution in [0.4, 0.5) is 0 Å². The second-order valence-electron chi connectivity index (χ2n) is 12.4. The predicted molar refractivity (Wildman–Crippen MR) is 148 cm³/mol. The summed E-state index contributed by atoms with van der Waals surface area (Å²) in [4.78, 5) is 50.5. The van der Waals surface area contributed by atoms with Crippen LogP contribution in [-0.2, 0) is 33.4 Å². The van der Waals surface area contributed by atoms with E-state index in [4.69, 9.17) is 14.2 Å². The van der Waals surface area contributed by atoms with Crippen LogP contribution in [-0.4, -0.2) is 52.7 Å². The summed E-state index contributed by atoms with van der Waals surface area (Å²) in [6.07, 6.45) is 11.7. The molecule has 2 fully saturated rings. The zero-order chi connectivity index (χ0) is 29.6. The molecule has 0 aromatic heterocycles. The molecule has 0 aromatic rings. The standard InChI is InChI=1S/C32H42O8/c1-8-9-10-11-12-13-26(35)39-29-19(3)31(37)24-14-18(2)27(36)23(24)15-22(17-38-20(4)33)16-25(31)28-30(6,7)32(28,29)40-21(5)34/h10-14,16,19,23-25,28-29,37H,8-9,15,17H2,1-7H3/b11-10+,13-12+. The van der Waals surface area contributed by atoms with Gasteiger partial charge in [-0.15, -0.1) is 0 Å². The summed E-state index contributed by atoms with van der Waals surface area (Å²) in [6.45, 7) is 12.2. The van der Waals surface area contributed by atoms with Crippen molar-refractivity contribution >= 4 is 23.7 Å². The fraction of sp³-hybridized carbons (Fsp3) is 0.625. The third-order valence-corrected chi connectivity index (χ3v) is 9.63. The average molecular weight is 555 g/mol. The van der Waals surface area contributed by atoms with Crippen molar-refractivity contribution in [2.75, 3.05) is 6.61 Å². The molecule has 0 aromatic carbocycles. The minimum atomic E-state index is -1.49. The number of carbonyl (C=O) groups excluding carboxylic acids is 4. The van der Waals surface area contributed by atoms with Crippen LogP contribution in [0.3, 0.4) is 0 Å². The Balaban J connectivity index is 1.81. The van der Waals surface area contributed by atoms with E-state index in [1.165, 1.54) is 19.9 Å². The lowest BCUT2D eigenvalue weighted by Gasteiger charge is -2.52. The molecule has 8 atom stereocenters. The Bertz CT molecular complexity index is 1210. The monoisotopic (exact) mass is 554 g/mol. The molecule has 0 saturated heterocycles. The number of hydrogen-bond acceptors (Lipinski definition) is 8. The van der Waals surface area contributed by atoms with E-state index in [1.807, 2.05) is 32.1 Å². The topological polar surface area (TPSA) is 116 Å². The van der Waals surface area contributed by atoms with Gasteiger partial charge in [-0.05, 0) is 30.9 Å². The maximum atomic E-state index is 13.3. The Kier molecular flexibility index (Phi) is 8.07. The van der Waals surface area contributed by atoms with Crippen LogP contribution < -0.4 is 0 Å². The minimum Gasteiger partial charge on any atom is -0.461 e. The van der Waals surface area contributed by atoms with Gasteiger partial charge in [-0.25, -0.2) is 4.79 Å². The van der Waals surface area contributed by atoms with Crippen LogP contribution in [0.2, 0.25) is 0 Å². The first-order chi connectivity index (χ1) is 18.7. The number of allylic oxidation sites excluding steroid dienone is 4. The number of ketones is 1. The number of rotatable bonds is 8. The molecule has 1 N–H and O–H groups in total. The summed E-state index contributed by atoms with van der Waals surface area (Å²) >= 11 is 0. The Labute approximate surface area is 236 Å². The van der Waals surface area contributed by atoms with Crippen molar-refractivity contribution in [2.24, 2.45) is 35.0 Å². The summed E-state index contributed by atoms with van der Waals surface area (Å²) in [5, 5.41) is 12.8. The zero-order valence-electron chi connectivity index (χ0n) is 24.6. The highest BCUT2D eigenvalue weighted by Gasteiger charge is 2.87. The molecule has 40 heavy (non-hydrogen) atoms. The molecule has 2 saturated carbocycles. The summed E-state index contributed by atoms with van der Waals surface area (Å²) in [7, 11) is 0. The van der Waals surface area contributed by atoms with Gasteiger partial charge < -0.3 is 19.3 Å². The molecule has 0 aliphatic heterocycles. The molecule has 0 heterocycles. The first kappa shape index (κ1) is 30.0. The largest absolute Gasteiger partial charge is 0.461 e. The second-order valence-corrected chi connectivity index (χ2v) is 12.4. The fourth-order valence-electron chi connectivity index (χ4n) is 7.82. The molecular weight excluding hydrogens is 512 g/mol. The Morgan fingerprint density at radius 3 is 2.42 bits per heavy atom. The molecule has 218 valence electrons. The van der Waals surface area contributed by atoms with E-state index in [1.54, 1.807) is 26.0 Å². The molecule has 4 rings (SSSR count). The Hall–Kier alpha value is -3.00. The molecule has 0 radical (unpaired) electrons. The minimum absolute atomic E-state index is 0.00825. The van der Waals surface area contributed by atoms with E-state index in [0.29, 0.717) is 12.0 Å². The quantitative estimate of drug-likeness (QED) is 0.154. The molecule has 8 unspecified atom stereocenters. The number of hydrogen-bond donors (Lipinski definition) is 1. The molecule has 0 bridgehead atoms. The normalized spacial score (nSPS) is 37.5. The summed E-state index contributed by atoms with van der Waals surface area (Å²) in [5.41, 5.74) is -2.02. The predicted octanol–water partition coefficient (Wildman–Crippen LogP) is 4.42. The van der Waals surface area contributed by atoms with Crippen LogP contribution in [0.5, 0.6) is 0 Å². The van der Waals surface area contributed by atoms with Gasteiger partial charge in [0.15, 0.2) is 11.4 Å². The van der Waals surface area contributed by atoms with Gasteiger partial charge in [0, 0.05) is 54.9 Å². The Morgan fingerprint density at radius 2 is 1.80 bits per heavy atom. The van der Waals surface area contributed by atoms with Gasteiger partial charge in [0.1, 0.15) is 12.7 Å². The van der Waals surface area contributed by atoms with Gasteiger partial charge in [0.2, 0.25) is 0 Å². The highest BCUT2D eigenvalue weighted by molar-refractivity contribution is 6.00. The maximum Gasteiger partial charge on any atom is 0.331 e. The van der Waals surface area contributed by atoms with Crippen molar-refractivity contribution in [1.82, 2.24) is 0 Å². The smallest absolute Gasteiger partial charge is 0.331 e. The summed E-state index contributed by atoms with van der Waals surface area (Å²) in [5.74, 6) is -4.34. The Morgan fingerprint density at radius 1 is 1.10 bits per heavy atom. The number of esters is 3. The first-order valence-electron chi connectivity index (χ1n) is 14.2. The van der Waals surface area contributed by atoms with Gasteiger partial charge in [-0.3, -0.25) is 14.4 Å². The van der Waals surface area contributed by atoms with E-state index in [0.717, 1.165) is 18.4 Å². The fourth-order valence-corrected chi connectivity index (χ4v) is 7.82. The second kappa shape index (κ2) is 10.8. The third-order valence-electron chi connectivity index (χ3n) is 9.63. The van der Waals surface area contributed by atoms with Crippen LogP contribution in [0.15, 0.2) is 47.6 Å². The zero-order valence-corrected chi connectivity index (χ0v) is 24.6. The van der Waals surface area contributed by atoms with Crippen LogP contribution >= 0.6 is 0 Å². The number of ether oxygens (including phenoxy) is 3. The van der Waals surface area contributed by atoms with Crippen molar-refractivity contribution < 1.29 is 38.5 Å². The van der Waals surface area contributed by atoms with Crippen molar-refractivity contribution in [1.29, 1.82) is 0 Å². The molecule has 0 spiro atoms. The molecule has 4 aliphatic rings. The van der Waals surface area contributed by atoms with E-state index in [2.05, 4.69) is 6.92 Å². The highest BCUT2D eigenvalue weighted by Crippen LogP contribution is 2.76. The van der Waals surface area contributed by atoms with Crippen molar-refractivity contribution in [3.8, 4) is 0 Å². The third kappa shape index (κ3) is 4.68. The maximum absolute atomic E-state index is 13.3. The van der Waals surface area contributed by atoms with Crippen LogP contribution in [0, 0.1) is 35.0 Å². The van der Waals surface area contributed by atoms with Crippen molar-refractivity contribution in [2.45, 2.75) is 85.0 Å². The van der Waals surface area contributed by atoms with E-state index < -0.39 is 70.2 Å². The molecule has 8 nitrogen and oxygen atoms in total. The highest BCUT2D eigenvalue weighted by atomic mass is 16.6. The summed E-state index contributed by atoms with van der Waals surface area (Å²) < 4.78 is 17.5. The lowest BCUT2D eigenvalue weighted by atomic mass is 9.60. The lowest BCUT2D eigenvalue weighted by molar-refractivity contribution is -0.217. The number of unbranched alkanes of at least 4 members (excludes halogenated alkanes) is 1. The molecular formula is C32H42O8. The first-order valence-corrected chi connectivity index (χ1v) is 14.2. The molecule has 0 amide bonds. The number of fused-ring (bicyclic) bond motifs is 5. The molecule has 4 aliphatic carbocycles.